The van der Waals surface area contributed by atoms with Crippen LogP contribution in [0.4, 0.5) is 4.39 Å². The van der Waals surface area contributed by atoms with Crippen LogP contribution in [0, 0.1) is 29.5 Å². The largest absolute Gasteiger partial charge is 0.481 e. The summed E-state index contributed by atoms with van der Waals surface area (Å²) in [7, 11) is 0. The molecule has 5 nitrogen and oxygen atoms in total. The smallest absolute Gasteiger partial charge is 0.307 e. The van der Waals surface area contributed by atoms with Crippen LogP contribution in [-0.4, -0.2) is 53.0 Å². The summed E-state index contributed by atoms with van der Waals surface area (Å²) in [5.74, 6) is -1.36. The van der Waals surface area contributed by atoms with E-state index in [0.29, 0.717) is 13.1 Å². The Balaban J connectivity index is 1.35. The maximum Gasteiger partial charge on any atom is 0.307 e. The maximum absolute atomic E-state index is 13.0. The molecule has 6 heteroatoms. The predicted molar refractivity (Wildman–Crippen MR) is 93.7 cm³/mol. The SMILES string of the molecule is O=C(O)[C@H]1[C@H]2CC[C@H](C2)[C@@H]1C(=O)N1CCN(Cc2ccc(F)cc2)CC1. The van der Waals surface area contributed by atoms with Gasteiger partial charge < -0.3 is 10.0 Å². The number of fused-ring (bicyclic) bond motifs is 2. The molecule has 26 heavy (non-hydrogen) atoms. The maximum atomic E-state index is 13.0. The number of benzene rings is 1. The fraction of sp³-hybridized carbons (Fsp3) is 0.600. The van der Waals surface area contributed by atoms with Gasteiger partial charge in [0.1, 0.15) is 5.82 Å². The fourth-order valence-electron chi connectivity index (χ4n) is 5.19. The molecule has 1 aromatic carbocycles. The monoisotopic (exact) mass is 360 g/mol. The minimum atomic E-state index is -0.800. The molecule has 0 aromatic heterocycles. The zero-order chi connectivity index (χ0) is 18.3. The Bertz CT molecular complexity index is 685. The molecule has 1 heterocycles. The number of hydrogen-bond donors (Lipinski definition) is 1. The van der Waals surface area contributed by atoms with Crippen molar-refractivity contribution in [2.45, 2.75) is 25.8 Å². The summed E-state index contributed by atoms with van der Waals surface area (Å²) in [6, 6.07) is 6.52. The molecule has 3 aliphatic rings. The Labute approximate surface area is 152 Å². The summed E-state index contributed by atoms with van der Waals surface area (Å²) in [5.41, 5.74) is 1.06. The van der Waals surface area contributed by atoms with Gasteiger partial charge in [0.25, 0.3) is 0 Å². The molecule has 1 N–H and O–H groups in total. The summed E-state index contributed by atoms with van der Waals surface area (Å²) >= 11 is 0. The molecule has 2 bridgehead atoms. The van der Waals surface area contributed by atoms with E-state index in [0.717, 1.165) is 44.5 Å². The summed E-state index contributed by atoms with van der Waals surface area (Å²) in [5, 5.41) is 9.57. The minimum Gasteiger partial charge on any atom is -0.481 e. The van der Waals surface area contributed by atoms with Gasteiger partial charge in [-0.25, -0.2) is 4.39 Å². The number of hydrogen-bond acceptors (Lipinski definition) is 3. The van der Waals surface area contributed by atoms with Crippen molar-refractivity contribution in [2.24, 2.45) is 23.7 Å². The average Bonchev–Trinajstić information content (AvgIpc) is 3.25. The van der Waals surface area contributed by atoms with Crippen molar-refractivity contribution >= 4 is 11.9 Å². The predicted octanol–water partition coefficient (Wildman–Crippen LogP) is 2.22. The van der Waals surface area contributed by atoms with E-state index in [1.165, 1.54) is 12.1 Å². The summed E-state index contributed by atoms with van der Waals surface area (Å²) < 4.78 is 13.0. The topological polar surface area (TPSA) is 60.9 Å². The lowest BCUT2D eigenvalue weighted by atomic mass is 9.78. The van der Waals surface area contributed by atoms with Crippen molar-refractivity contribution < 1.29 is 19.1 Å². The van der Waals surface area contributed by atoms with Crippen LogP contribution in [0.1, 0.15) is 24.8 Å². The molecule has 1 amide bonds. The first-order valence-electron chi connectivity index (χ1n) is 9.51. The van der Waals surface area contributed by atoms with Gasteiger partial charge >= 0.3 is 5.97 Å². The quantitative estimate of drug-likeness (QED) is 0.894. The van der Waals surface area contributed by atoms with Gasteiger partial charge in [-0.3, -0.25) is 14.5 Å². The number of aliphatic carboxylic acids is 1. The lowest BCUT2D eigenvalue weighted by Crippen LogP contribution is -2.52. The van der Waals surface area contributed by atoms with Gasteiger partial charge in [-0.15, -0.1) is 0 Å². The fourth-order valence-corrected chi connectivity index (χ4v) is 5.19. The highest BCUT2D eigenvalue weighted by molar-refractivity contribution is 5.86. The molecule has 4 atom stereocenters. The number of piperazine rings is 1. The van der Waals surface area contributed by atoms with E-state index < -0.39 is 11.9 Å². The Morgan fingerprint density at radius 2 is 1.62 bits per heavy atom. The lowest BCUT2D eigenvalue weighted by Gasteiger charge is -2.38. The second-order valence-electron chi connectivity index (χ2n) is 7.95. The van der Waals surface area contributed by atoms with E-state index in [9.17, 15) is 19.1 Å². The van der Waals surface area contributed by atoms with Crippen LogP contribution in [0.5, 0.6) is 0 Å². The molecular weight excluding hydrogens is 335 g/mol. The summed E-state index contributed by atoms with van der Waals surface area (Å²) in [6.07, 6.45) is 2.85. The Kier molecular flexibility index (Phi) is 4.69. The summed E-state index contributed by atoms with van der Waals surface area (Å²) in [4.78, 5) is 28.8. The third-order valence-corrected chi connectivity index (χ3v) is 6.49. The van der Waals surface area contributed by atoms with Crippen molar-refractivity contribution in [2.75, 3.05) is 26.2 Å². The Morgan fingerprint density at radius 1 is 1.00 bits per heavy atom. The number of halogens is 1. The molecule has 0 radical (unpaired) electrons. The standard InChI is InChI=1S/C20H25FN2O3/c21-16-5-1-13(2-6-16)12-22-7-9-23(10-8-22)19(24)17-14-3-4-15(11-14)18(17)20(25)26/h1-2,5-6,14-15,17-18H,3-4,7-12H2,(H,25,26)/t14-,15+,17+,18+/m1/s1. The summed E-state index contributed by atoms with van der Waals surface area (Å²) in [6.45, 7) is 3.55. The number of carboxylic acids is 1. The van der Waals surface area contributed by atoms with Crippen LogP contribution >= 0.6 is 0 Å². The molecule has 2 saturated carbocycles. The molecule has 0 unspecified atom stereocenters. The van der Waals surface area contributed by atoms with Crippen LogP contribution < -0.4 is 0 Å². The molecule has 1 saturated heterocycles. The van der Waals surface area contributed by atoms with E-state index >= 15 is 0 Å². The third-order valence-electron chi connectivity index (χ3n) is 6.49. The zero-order valence-electron chi connectivity index (χ0n) is 14.8. The van der Waals surface area contributed by atoms with Gasteiger partial charge in [0, 0.05) is 32.7 Å². The van der Waals surface area contributed by atoms with Crippen LogP contribution in [0.2, 0.25) is 0 Å². The van der Waals surface area contributed by atoms with E-state index in [4.69, 9.17) is 0 Å². The van der Waals surface area contributed by atoms with Crippen LogP contribution in [0.15, 0.2) is 24.3 Å². The van der Waals surface area contributed by atoms with E-state index in [-0.39, 0.29) is 29.5 Å². The van der Waals surface area contributed by atoms with Crippen LogP contribution in [-0.2, 0) is 16.1 Å². The molecule has 4 rings (SSSR count). The van der Waals surface area contributed by atoms with Gasteiger partial charge in [-0.1, -0.05) is 12.1 Å². The highest BCUT2D eigenvalue weighted by Gasteiger charge is 2.54. The number of rotatable bonds is 4. The van der Waals surface area contributed by atoms with E-state index in [2.05, 4.69) is 4.90 Å². The van der Waals surface area contributed by atoms with Gasteiger partial charge in [0.05, 0.1) is 11.8 Å². The number of nitrogens with zero attached hydrogens (tertiary/aromatic N) is 2. The number of amides is 1. The first kappa shape index (κ1) is 17.5. The minimum absolute atomic E-state index is 0.0473. The van der Waals surface area contributed by atoms with Crippen molar-refractivity contribution in [1.29, 1.82) is 0 Å². The lowest BCUT2D eigenvalue weighted by molar-refractivity contribution is -0.153. The average molecular weight is 360 g/mol. The molecular formula is C20H25FN2O3. The second-order valence-corrected chi connectivity index (χ2v) is 7.95. The van der Waals surface area contributed by atoms with Crippen molar-refractivity contribution in [3.63, 3.8) is 0 Å². The van der Waals surface area contributed by atoms with Gasteiger partial charge in [-0.05, 0) is 48.8 Å². The van der Waals surface area contributed by atoms with Crippen molar-refractivity contribution in [3.05, 3.63) is 35.6 Å². The normalized spacial score (nSPS) is 31.3. The molecule has 2 aliphatic carbocycles. The molecule has 140 valence electrons. The molecule has 1 aromatic rings. The second kappa shape index (κ2) is 6.99. The first-order valence-corrected chi connectivity index (χ1v) is 9.51. The van der Waals surface area contributed by atoms with Gasteiger partial charge in [-0.2, -0.15) is 0 Å². The van der Waals surface area contributed by atoms with Crippen molar-refractivity contribution in [1.82, 2.24) is 9.80 Å². The Morgan fingerprint density at radius 3 is 2.23 bits per heavy atom. The van der Waals surface area contributed by atoms with Gasteiger partial charge in [0.15, 0.2) is 0 Å². The zero-order valence-corrected chi connectivity index (χ0v) is 14.8. The number of carboxylic acid groups (broad SMARTS) is 1. The highest BCUT2D eigenvalue weighted by atomic mass is 19.1. The highest BCUT2D eigenvalue weighted by Crippen LogP contribution is 2.53. The molecule has 0 spiro atoms. The molecule has 3 fully saturated rings. The van der Waals surface area contributed by atoms with E-state index in [1.54, 1.807) is 12.1 Å². The number of carbonyl (C=O) groups is 2. The number of carbonyl (C=O) groups excluding carboxylic acids is 1. The van der Waals surface area contributed by atoms with Crippen molar-refractivity contribution in [3.8, 4) is 0 Å². The Hall–Kier alpha value is -1.95. The van der Waals surface area contributed by atoms with Crippen LogP contribution in [0.25, 0.3) is 0 Å². The van der Waals surface area contributed by atoms with Crippen LogP contribution in [0.3, 0.4) is 0 Å². The van der Waals surface area contributed by atoms with Gasteiger partial charge in [0.2, 0.25) is 5.91 Å². The first-order chi connectivity index (χ1) is 12.5. The third kappa shape index (κ3) is 3.22. The van der Waals surface area contributed by atoms with E-state index in [1.807, 2.05) is 4.90 Å². The molecule has 1 aliphatic heterocycles.